The summed E-state index contributed by atoms with van der Waals surface area (Å²) in [7, 11) is 0. The first kappa shape index (κ1) is 13.8. The molecule has 1 atom stereocenters. The molecule has 1 aromatic heterocycles. The van der Waals surface area contributed by atoms with Gasteiger partial charge in [-0.2, -0.15) is 5.10 Å². The van der Waals surface area contributed by atoms with E-state index in [-0.39, 0.29) is 12.3 Å². The predicted octanol–water partition coefficient (Wildman–Crippen LogP) is 1.22. The highest BCUT2D eigenvalue weighted by Gasteiger charge is 2.21. The van der Waals surface area contributed by atoms with Crippen molar-refractivity contribution in [3.63, 3.8) is 0 Å². The number of aryl methyl sites for hydroxylation is 1. The molecule has 1 heterocycles. The highest BCUT2D eigenvalue weighted by atomic mass is 16.4. The molecule has 0 fully saturated rings. The zero-order valence-electron chi connectivity index (χ0n) is 10.8. The summed E-state index contributed by atoms with van der Waals surface area (Å²) in [4.78, 5) is 23.0. The monoisotopic (exact) mass is 273 g/mol. The molecule has 0 aliphatic heterocycles. The molecule has 0 radical (unpaired) electrons. The van der Waals surface area contributed by atoms with E-state index in [1.165, 1.54) is 0 Å². The quantitative estimate of drug-likeness (QED) is 0.828. The summed E-state index contributed by atoms with van der Waals surface area (Å²) < 4.78 is 1.62. The molecule has 6 heteroatoms. The van der Waals surface area contributed by atoms with E-state index in [2.05, 4.69) is 10.4 Å². The van der Waals surface area contributed by atoms with Gasteiger partial charge in [-0.1, -0.05) is 30.3 Å². The zero-order chi connectivity index (χ0) is 14.4. The fourth-order valence-electron chi connectivity index (χ4n) is 1.82. The van der Waals surface area contributed by atoms with E-state index in [1.807, 2.05) is 0 Å². The molecule has 2 N–H and O–H groups in total. The second kappa shape index (κ2) is 6.51. The van der Waals surface area contributed by atoms with Crippen molar-refractivity contribution in [3.8, 4) is 0 Å². The van der Waals surface area contributed by atoms with Gasteiger partial charge in [0.25, 0.3) is 0 Å². The first-order chi connectivity index (χ1) is 9.66. The molecule has 0 aliphatic carbocycles. The average molecular weight is 273 g/mol. The van der Waals surface area contributed by atoms with Gasteiger partial charge in [0.1, 0.15) is 0 Å². The van der Waals surface area contributed by atoms with Gasteiger partial charge in [0.2, 0.25) is 5.91 Å². The highest BCUT2D eigenvalue weighted by Crippen LogP contribution is 2.12. The van der Waals surface area contributed by atoms with Crippen molar-refractivity contribution in [2.24, 2.45) is 0 Å². The number of nitrogens with zero attached hydrogens (tertiary/aromatic N) is 2. The van der Waals surface area contributed by atoms with E-state index < -0.39 is 12.0 Å². The minimum atomic E-state index is -1.08. The molecule has 1 aromatic carbocycles. The molecule has 2 aromatic rings. The number of carbonyl (C=O) groups excluding carboxylic acids is 1. The summed E-state index contributed by atoms with van der Waals surface area (Å²) in [6, 6.07) is 9.35. The van der Waals surface area contributed by atoms with Crippen molar-refractivity contribution in [1.82, 2.24) is 15.1 Å². The van der Waals surface area contributed by atoms with Crippen LogP contribution < -0.4 is 5.32 Å². The molecule has 6 nitrogen and oxygen atoms in total. The number of hydrogen-bond acceptors (Lipinski definition) is 3. The van der Waals surface area contributed by atoms with Crippen LogP contribution in [0.2, 0.25) is 0 Å². The van der Waals surface area contributed by atoms with E-state index in [0.29, 0.717) is 12.1 Å². The van der Waals surface area contributed by atoms with Crippen LogP contribution in [-0.2, 0) is 16.1 Å². The van der Waals surface area contributed by atoms with Gasteiger partial charge >= 0.3 is 5.97 Å². The number of hydrogen-bond donors (Lipinski definition) is 2. The highest BCUT2D eigenvalue weighted by molar-refractivity contribution is 5.84. The third-order valence-electron chi connectivity index (χ3n) is 2.81. The van der Waals surface area contributed by atoms with Crippen LogP contribution in [0, 0.1) is 0 Å². The van der Waals surface area contributed by atoms with E-state index in [4.69, 9.17) is 0 Å². The molecule has 0 saturated heterocycles. The molecule has 1 amide bonds. The fraction of sp³-hybridized carbons (Fsp3) is 0.214. The molecular weight excluding hydrogens is 258 g/mol. The molecule has 2 rings (SSSR count). The lowest BCUT2D eigenvalue weighted by atomic mass is 10.1. The molecule has 0 bridgehead atoms. The summed E-state index contributed by atoms with van der Waals surface area (Å²) in [6.07, 6.45) is 3.55. The number of benzene rings is 1. The Hall–Kier alpha value is -2.63. The van der Waals surface area contributed by atoms with Gasteiger partial charge in [-0.25, -0.2) is 4.79 Å². The summed E-state index contributed by atoms with van der Waals surface area (Å²) in [6.45, 7) is 0.417. The van der Waals surface area contributed by atoms with E-state index in [1.54, 1.807) is 53.5 Å². The van der Waals surface area contributed by atoms with E-state index >= 15 is 0 Å². The lowest BCUT2D eigenvalue weighted by Crippen LogP contribution is -2.34. The molecule has 0 spiro atoms. The summed E-state index contributed by atoms with van der Waals surface area (Å²) in [5, 5.41) is 15.7. The smallest absolute Gasteiger partial charge is 0.330 e. The summed E-state index contributed by atoms with van der Waals surface area (Å²) in [5.74, 6) is -1.40. The standard InChI is InChI=1S/C14H15N3O3/c18-12(7-10-17-9-4-8-15-17)16-13(14(19)20)11-5-2-1-3-6-11/h1-6,8-9,13H,7,10H2,(H,16,18)(H,19,20). The average Bonchev–Trinajstić information content (AvgIpc) is 2.96. The second-order valence-corrected chi connectivity index (χ2v) is 4.27. The lowest BCUT2D eigenvalue weighted by Gasteiger charge is -2.14. The first-order valence-electron chi connectivity index (χ1n) is 6.21. The maximum atomic E-state index is 11.8. The van der Waals surface area contributed by atoms with Gasteiger partial charge < -0.3 is 10.4 Å². The Bertz CT molecular complexity index is 567. The predicted molar refractivity (Wildman–Crippen MR) is 71.8 cm³/mol. The van der Waals surface area contributed by atoms with Gasteiger partial charge in [-0.05, 0) is 11.6 Å². The Morgan fingerprint density at radius 1 is 1.25 bits per heavy atom. The van der Waals surface area contributed by atoms with Crippen molar-refractivity contribution >= 4 is 11.9 Å². The Morgan fingerprint density at radius 3 is 2.60 bits per heavy atom. The molecular formula is C14H15N3O3. The van der Waals surface area contributed by atoms with Crippen LogP contribution >= 0.6 is 0 Å². The number of carbonyl (C=O) groups is 2. The number of rotatable bonds is 6. The molecule has 1 unspecified atom stereocenters. The second-order valence-electron chi connectivity index (χ2n) is 4.27. The maximum Gasteiger partial charge on any atom is 0.330 e. The third kappa shape index (κ3) is 3.68. The number of carboxylic acid groups (broad SMARTS) is 1. The molecule has 0 aliphatic rings. The number of amides is 1. The number of aromatic nitrogens is 2. The third-order valence-corrected chi connectivity index (χ3v) is 2.81. The van der Waals surface area contributed by atoms with Crippen LogP contribution in [0.15, 0.2) is 48.8 Å². The molecule has 104 valence electrons. The van der Waals surface area contributed by atoms with Crippen molar-refractivity contribution in [1.29, 1.82) is 0 Å². The number of aliphatic carboxylic acids is 1. The van der Waals surface area contributed by atoms with Crippen LogP contribution in [0.25, 0.3) is 0 Å². The van der Waals surface area contributed by atoms with Crippen LogP contribution in [0.5, 0.6) is 0 Å². The zero-order valence-corrected chi connectivity index (χ0v) is 10.8. The van der Waals surface area contributed by atoms with Gasteiger partial charge in [-0.15, -0.1) is 0 Å². The minimum absolute atomic E-state index is 0.179. The van der Waals surface area contributed by atoms with Crippen molar-refractivity contribution < 1.29 is 14.7 Å². The van der Waals surface area contributed by atoms with Gasteiger partial charge in [0.05, 0.1) is 0 Å². The lowest BCUT2D eigenvalue weighted by molar-refractivity contribution is -0.142. The number of carboxylic acids is 1. The maximum absolute atomic E-state index is 11.8. The largest absolute Gasteiger partial charge is 0.479 e. The Balaban J connectivity index is 1.95. The summed E-state index contributed by atoms with van der Waals surface area (Å²) in [5.41, 5.74) is 0.549. The van der Waals surface area contributed by atoms with E-state index in [9.17, 15) is 14.7 Å². The van der Waals surface area contributed by atoms with Gasteiger partial charge in [-0.3, -0.25) is 9.48 Å². The topological polar surface area (TPSA) is 84.2 Å². The normalized spacial score (nSPS) is 11.8. The van der Waals surface area contributed by atoms with Crippen LogP contribution in [-0.4, -0.2) is 26.8 Å². The first-order valence-corrected chi connectivity index (χ1v) is 6.21. The Kier molecular flexibility index (Phi) is 4.49. The fourth-order valence-corrected chi connectivity index (χ4v) is 1.82. The molecule has 20 heavy (non-hydrogen) atoms. The van der Waals surface area contributed by atoms with Gasteiger partial charge in [0, 0.05) is 25.4 Å². The SMILES string of the molecule is O=C(CCn1cccn1)NC(C(=O)O)c1ccccc1. The van der Waals surface area contributed by atoms with Crippen LogP contribution in [0.3, 0.4) is 0 Å². The van der Waals surface area contributed by atoms with Crippen LogP contribution in [0.4, 0.5) is 0 Å². The van der Waals surface area contributed by atoms with Gasteiger partial charge in [0.15, 0.2) is 6.04 Å². The van der Waals surface area contributed by atoms with Crippen molar-refractivity contribution in [3.05, 3.63) is 54.4 Å². The van der Waals surface area contributed by atoms with Crippen molar-refractivity contribution in [2.45, 2.75) is 19.0 Å². The number of nitrogens with one attached hydrogen (secondary N) is 1. The Morgan fingerprint density at radius 2 is 2.00 bits per heavy atom. The molecule has 0 saturated carbocycles. The van der Waals surface area contributed by atoms with Crippen molar-refractivity contribution in [2.75, 3.05) is 0 Å². The van der Waals surface area contributed by atoms with Crippen LogP contribution in [0.1, 0.15) is 18.0 Å². The Labute approximate surface area is 116 Å². The van der Waals surface area contributed by atoms with E-state index in [0.717, 1.165) is 0 Å². The minimum Gasteiger partial charge on any atom is -0.479 e. The summed E-state index contributed by atoms with van der Waals surface area (Å²) >= 11 is 0.